The molecule has 1 saturated heterocycles. The predicted molar refractivity (Wildman–Crippen MR) is 110 cm³/mol. The van der Waals surface area contributed by atoms with E-state index in [0.29, 0.717) is 15.6 Å². The van der Waals surface area contributed by atoms with Gasteiger partial charge in [0.1, 0.15) is 31.9 Å². The maximum Gasteiger partial charge on any atom is 0.310 e. The molecule has 1 fully saturated rings. The average molecular weight is 448 g/mol. The van der Waals surface area contributed by atoms with Crippen LogP contribution >= 0.6 is 23.2 Å². The lowest BCUT2D eigenvalue weighted by molar-refractivity contribution is -0.194. The van der Waals surface area contributed by atoms with Crippen molar-refractivity contribution < 1.29 is 19.0 Å². The molecule has 4 rings (SSSR count). The van der Waals surface area contributed by atoms with Crippen molar-refractivity contribution in [1.29, 1.82) is 0 Å². The number of benzene rings is 2. The minimum atomic E-state index is -1.20. The van der Waals surface area contributed by atoms with Crippen LogP contribution < -0.4 is 0 Å². The number of nitrogens with zero attached hydrogens (tertiary/aromatic N) is 3. The molecule has 0 N–H and O–H groups in total. The summed E-state index contributed by atoms with van der Waals surface area (Å²) in [5.41, 5.74) is 1.50. The molecule has 7 nitrogen and oxygen atoms in total. The van der Waals surface area contributed by atoms with Crippen LogP contribution in [0.4, 0.5) is 0 Å². The zero-order chi connectivity index (χ0) is 21.0. The molecule has 0 bridgehead atoms. The van der Waals surface area contributed by atoms with Gasteiger partial charge in [-0.2, -0.15) is 5.10 Å². The number of hydrogen-bond donors (Lipinski definition) is 0. The first-order valence-electron chi connectivity index (χ1n) is 9.33. The van der Waals surface area contributed by atoms with Crippen molar-refractivity contribution in [2.75, 3.05) is 13.2 Å². The first-order valence-corrected chi connectivity index (χ1v) is 10.1. The number of aromatic nitrogens is 3. The van der Waals surface area contributed by atoms with Gasteiger partial charge >= 0.3 is 5.97 Å². The van der Waals surface area contributed by atoms with Gasteiger partial charge in [-0.1, -0.05) is 59.6 Å². The fourth-order valence-corrected chi connectivity index (χ4v) is 3.83. The Morgan fingerprint density at radius 1 is 1.23 bits per heavy atom. The Bertz CT molecular complexity index is 1000. The van der Waals surface area contributed by atoms with E-state index < -0.39 is 11.9 Å². The summed E-state index contributed by atoms with van der Waals surface area (Å²) in [6.45, 7) is 0.519. The van der Waals surface area contributed by atoms with Gasteiger partial charge in [-0.15, -0.1) is 0 Å². The smallest absolute Gasteiger partial charge is 0.310 e. The highest BCUT2D eigenvalue weighted by molar-refractivity contribution is 6.35. The van der Waals surface area contributed by atoms with E-state index in [1.807, 2.05) is 30.3 Å². The molecule has 1 aromatic heterocycles. The van der Waals surface area contributed by atoms with Gasteiger partial charge in [0.25, 0.3) is 0 Å². The third-order valence-corrected chi connectivity index (χ3v) is 5.21. The molecule has 3 aromatic rings. The molecular weight excluding hydrogens is 429 g/mol. The third kappa shape index (κ3) is 4.82. The Balaban J connectivity index is 1.45. The number of hydrogen-bond acceptors (Lipinski definition) is 6. The number of rotatable bonds is 7. The van der Waals surface area contributed by atoms with Gasteiger partial charge in [-0.3, -0.25) is 4.79 Å². The molecule has 1 aliphatic heterocycles. The summed E-state index contributed by atoms with van der Waals surface area (Å²) in [4.78, 5) is 16.1. The van der Waals surface area contributed by atoms with Crippen molar-refractivity contribution in [3.63, 3.8) is 0 Å². The third-order valence-electron chi connectivity index (χ3n) is 4.66. The minimum Gasteiger partial charge on any atom is -0.463 e. The zero-order valence-corrected chi connectivity index (χ0v) is 17.4. The van der Waals surface area contributed by atoms with Crippen LogP contribution in [0.3, 0.4) is 0 Å². The van der Waals surface area contributed by atoms with Crippen molar-refractivity contribution in [2.45, 2.75) is 24.9 Å². The van der Waals surface area contributed by atoms with Crippen LogP contribution in [0.15, 0.2) is 61.2 Å². The maximum atomic E-state index is 12.2. The second-order valence-electron chi connectivity index (χ2n) is 6.87. The summed E-state index contributed by atoms with van der Waals surface area (Å²) < 4.78 is 19.3. The van der Waals surface area contributed by atoms with E-state index in [9.17, 15) is 4.79 Å². The first-order chi connectivity index (χ1) is 14.5. The van der Waals surface area contributed by atoms with Crippen LogP contribution in [0.1, 0.15) is 11.1 Å². The van der Waals surface area contributed by atoms with Crippen LogP contribution in [0.25, 0.3) is 0 Å². The van der Waals surface area contributed by atoms with Gasteiger partial charge in [-0.05, 0) is 17.7 Å². The second-order valence-corrected chi connectivity index (χ2v) is 7.71. The molecule has 0 saturated carbocycles. The fourth-order valence-electron chi connectivity index (χ4n) is 3.28. The topological polar surface area (TPSA) is 75.5 Å². The van der Waals surface area contributed by atoms with Gasteiger partial charge < -0.3 is 14.2 Å². The summed E-state index contributed by atoms with van der Waals surface area (Å²) >= 11 is 12.5. The highest BCUT2D eigenvalue weighted by Gasteiger charge is 2.45. The molecule has 9 heteroatoms. The van der Waals surface area contributed by atoms with E-state index >= 15 is 0 Å². The average Bonchev–Trinajstić information content (AvgIpc) is 3.38. The van der Waals surface area contributed by atoms with E-state index in [1.165, 1.54) is 6.33 Å². The Hall–Kier alpha value is -2.45. The molecule has 30 heavy (non-hydrogen) atoms. The largest absolute Gasteiger partial charge is 0.463 e. The van der Waals surface area contributed by atoms with Crippen molar-refractivity contribution in [3.8, 4) is 0 Å². The van der Waals surface area contributed by atoms with Gasteiger partial charge in [-0.25, -0.2) is 9.67 Å². The molecule has 0 aliphatic carbocycles. The van der Waals surface area contributed by atoms with Gasteiger partial charge in [0.05, 0.1) is 18.1 Å². The minimum absolute atomic E-state index is 0.0655. The predicted octanol–water partition coefficient (Wildman–Crippen LogP) is 3.64. The second kappa shape index (κ2) is 9.14. The number of esters is 1. The summed E-state index contributed by atoms with van der Waals surface area (Å²) in [6.07, 6.45) is 2.72. The molecule has 0 spiro atoms. The van der Waals surface area contributed by atoms with Crippen molar-refractivity contribution in [1.82, 2.24) is 14.8 Å². The van der Waals surface area contributed by atoms with Gasteiger partial charge in [0.15, 0.2) is 0 Å². The number of halogens is 2. The van der Waals surface area contributed by atoms with E-state index in [1.54, 1.807) is 29.2 Å². The zero-order valence-electron chi connectivity index (χ0n) is 15.9. The van der Waals surface area contributed by atoms with Gasteiger partial charge in [0.2, 0.25) is 5.79 Å². The molecule has 2 atom stereocenters. The molecule has 0 unspecified atom stereocenters. The van der Waals surface area contributed by atoms with Crippen LogP contribution in [0.2, 0.25) is 10.0 Å². The summed E-state index contributed by atoms with van der Waals surface area (Å²) in [5.74, 6) is -1.53. The quantitative estimate of drug-likeness (QED) is 0.514. The SMILES string of the molecule is O=C(Cc1ccccc1)OC[C@@H]1CO[C@@](Cn2cncn2)(c2ccc(Cl)cc2Cl)O1. The summed E-state index contributed by atoms with van der Waals surface area (Å²) in [7, 11) is 0. The normalized spacial score (nSPS) is 20.9. The van der Waals surface area contributed by atoms with Crippen LogP contribution in [-0.2, 0) is 37.8 Å². The number of carbonyl (C=O) groups excluding carboxylic acids is 1. The molecule has 1 aliphatic rings. The molecular formula is C21H19Cl2N3O4. The van der Waals surface area contributed by atoms with E-state index in [2.05, 4.69) is 10.1 Å². The molecule has 2 aromatic carbocycles. The monoisotopic (exact) mass is 447 g/mol. The van der Waals surface area contributed by atoms with Gasteiger partial charge in [0, 0.05) is 10.6 Å². The first kappa shape index (κ1) is 20.8. The van der Waals surface area contributed by atoms with Crippen molar-refractivity contribution in [2.24, 2.45) is 0 Å². The Morgan fingerprint density at radius 2 is 2.07 bits per heavy atom. The Kier molecular flexibility index (Phi) is 6.34. The standard InChI is InChI=1S/C21H19Cl2N3O4/c22-16-6-7-18(19(23)9-16)21(12-26-14-24-13-25-26)29-11-17(30-21)10-28-20(27)8-15-4-2-1-3-5-15/h1-7,9,13-14,17H,8,10-12H2/t17-,21-/m1/s1. The maximum absolute atomic E-state index is 12.2. The highest BCUT2D eigenvalue weighted by Crippen LogP contribution is 2.40. The fraction of sp³-hybridized carbons (Fsp3) is 0.286. The molecule has 156 valence electrons. The lowest BCUT2D eigenvalue weighted by atomic mass is 10.1. The van der Waals surface area contributed by atoms with E-state index in [-0.39, 0.29) is 32.1 Å². The Labute approximate surface area is 183 Å². The number of carbonyl (C=O) groups is 1. The highest BCUT2D eigenvalue weighted by atomic mass is 35.5. The lowest BCUT2D eigenvalue weighted by Crippen LogP contribution is -2.35. The van der Waals surface area contributed by atoms with Crippen LogP contribution in [0.5, 0.6) is 0 Å². The Morgan fingerprint density at radius 3 is 2.80 bits per heavy atom. The van der Waals surface area contributed by atoms with Crippen molar-refractivity contribution in [3.05, 3.63) is 82.4 Å². The van der Waals surface area contributed by atoms with Crippen LogP contribution in [0, 0.1) is 0 Å². The van der Waals surface area contributed by atoms with E-state index in [0.717, 1.165) is 5.56 Å². The summed E-state index contributed by atoms with van der Waals surface area (Å²) in [5, 5.41) is 5.05. The van der Waals surface area contributed by atoms with Crippen LogP contribution in [-0.4, -0.2) is 40.1 Å². The summed E-state index contributed by atoms with van der Waals surface area (Å²) in [6, 6.07) is 14.5. The lowest BCUT2D eigenvalue weighted by Gasteiger charge is -2.29. The van der Waals surface area contributed by atoms with E-state index in [4.69, 9.17) is 37.4 Å². The number of ether oxygens (including phenoxy) is 3. The van der Waals surface area contributed by atoms with Crippen molar-refractivity contribution >= 4 is 29.2 Å². The molecule has 0 radical (unpaired) electrons. The molecule has 2 heterocycles. The molecule has 0 amide bonds.